The summed E-state index contributed by atoms with van der Waals surface area (Å²) in [6.45, 7) is 0.0910. The van der Waals surface area contributed by atoms with Crippen LogP contribution < -0.4 is 5.32 Å². The summed E-state index contributed by atoms with van der Waals surface area (Å²) in [4.78, 5) is 4.63. The molecule has 0 amide bonds. The Morgan fingerprint density at radius 1 is 1.10 bits per heavy atom. The van der Waals surface area contributed by atoms with Gasteiger partial charge in [0.25, 0.3) is 0 Å². The molecule has 4 nitrogen and oxygen atoms in total. The predicted molar refractivity (Wildman–Crippen MR) is 86.6 cm³/mol. The molecule has 0 aliphatic rings. The Morgan fingerprint density at radius 3 is 2.57 bits per heavy atom. The molecule has 1 atom stereocenters. The highest BCUT2D eigenvalue weighted by atomic mass is 32.1. The molecule has 0 aliphatic carbocycles. The zero-order valence-corrected chi connectivity index (χ0v) is 12.2. The van der Waals surface area contributed by atoms with Gasteiger partial charge in [-0.2, -0.15) is 0 Å². The van der Waals surface area contributed by atoms with Crippen LogP contribution in [0.2, 0.25) is 0 Å². The number of anilines is 1. The minimum absolute atomic E-state index is 0.239. The first-order chi connectivity index (χ1) is 10.3. The lowest BCUT2D eigenvalue weighted by Crippen LogP contribution is -2.22. The molecule has 0 saturated carbocycles. The fraction of sp³-hybridized carbons (Fsp3) is 0.188. The first-order valence-electron chi connectivity index (χ1n) is 6.75. The van der Waals surface area contributed by atoms with Gasteiger partial charge in [-0.3, -0.25) is 0 Å². The van der Waals surface area contributed by atoms with Crippen LogP contribution in [0.25, 0.3) is 20.8 Å². The van der Waals surface area contributed by atoms with E-state index in [0.29, 0.717) is 6.54 Å². The molecule has 0 spiro atoms. The van der Waals surface area contributed by atoms with Crippen molar-refractivity contribution in [2.24, 2.45) is 0 Å². The third-order valence-corrected chi connectivity index (χ3v) is 4.26. The van der Waals surface area contributed by atoms with Crippen molar-refractivity contribution < 1.29 is 10.2 Å². The maximum Gasteiger partial charge on any atom is 0.124 e. The summed E-state index contributed by atoms with van der Waals surface area (Å²) in [5.41, 5.74) is 3.00. The fourth-order valence-corrected chi connectivity index (χ4v) is 3.00. The Labute approximate surface area is 126 Å². The largest absolute Gasteiger partial charge is 0.394 e. The van der Waals surface area contributed by atoms with Gasteiger partial charge in [-0.15, -0.1) is 11.3 Å². The summed E-state index contributed by atoms with van der Waals surface area (Å²) in [6, 6.07) is 16.0. The zero-order chi connectivity index (χ0) is 14.7. The number of aromatic nitrogens is 1. The quantitative estimate of drug-likeness (QED) is 0.678. The van der Waals surface area contributed by atoms with E-state index in [1.807, 2.05) is 42.5 Å². The van der Waals surface area contributed by atoms with Crippen LogP contribution in [0.5, 0.6) is 0 Å². The highest BCUT2D eigenvalue weighted by molar-refractivity contribution is 7.21. The molecular formula is C16H16N2O2S. The molecule has 0 fully saturated rings. The van der Waals surface area contributed by atoms with Gasteiger partial charge in [0.1, 0.15) is 5.01 Å². The van der Waals surface area contributed by atoms with Crippen LogP contribution in [-0.4, -0.2) is 34.5 Å². The average molecular weight is 300 g/mol. The van der Waals surface area contributed by atoms with Crippen LogP contribution in [0.3, 0.4) is 0 Å². The molecule has 3 N–H and O–H groups in total. The highest BCUT2D eigenvalue weighted by Gasteiger charge is 2.06. The van der Waals surface area contributed by atoms with Gasteiger partial charge in [-0.1, -0.05) is 12.1 Å². The van der Waals surface area contributed by atoms with Gasteiger partial charge in [-0.05, 0) is 36.4 Å². The SMILES string of the molecule is OCC(O)CNc1ccc(-c2nc3ccccc3s2)cc1. The summed E-state index contributed by atoms with van der Waals surface area (Å²) >= 11 is 1.67. The molecule has 21 heavy (non-hydrogen) atoms. The molecule has 3 rings (SSSR count). The second-order valence-electron chi connectivity index (χ2n) is 4.78. The molecule has 5 heteroatoms. The zero-order valence-electron chi connectivity index (χ0n) is 11.4. The molecule has 1 heterocycles. The van der Waals surface area contributed by atoms with Crippen molar-refractivity contribution in [2.75, 3.05) is 18.5 Å². The molecular weight excluding hydrogens is 284 g/mol. The molecule has 3 aromatic rings. The Kier molecular flexibility index (Phi) is 4.15. The maximum atomic E-state index is 9.31. The molecule has 0 aliphatic heterocycles. The maximum absolute atomic E-state index is 9.31. The van der Waals surface area contributed by atoms with Crippen LogP contribution in [-0.2, 0) is 0 Å². The van der Waals surface area contributed by atoms with E-state index in [9.17, 15) is 5.11 Å². The van der Waals surface area contributed by atoms with Crippen molar-refractivity contribution in [1.29, 1.82) is 0 Å². The Bertz CT molecular complexity index is 691. The van der Waals surface area contributed by atoms with Gasteiger partial charge < -0.3 is 15.5 Å². The van der Waals surface area contributed by atoms with E-state index in [-0.39, 0.29) is 6.61 Å². The number of fused-ring (bicyclic) bond motifs is 1. The number of nitrogens with zero attached hydrogens (tertiary/aromatic N) is 1. The lowest BCUT2D eigenvalue weighted by atomic mass is 10.2. The van der Waals surface area contributed by atoms with Gasteiger partial charge in [0.2, 0.25) is 0 Å². The van der Waals surface area contributed by atoms with Gasteiger partial charge >= 0.3 is 0 Å². The van der Waals surface area contributed by atoms with E-state index in [0.717, 1.165) is 21.8 Å². The standard InChI is InChI=1S/C16H16N2O2S/c19-10-13(20)9-17-12-7-5-11(6-8-12)16-18-14-3-1-2-4-15(14)21-16/h1-8,13,17,19-20H,9-10H2. The van der Waals surface area contributed by atoms with Crippen LogP contribution >= 0.6 is 11.3 Å². The number of thiazole rings is 1. The number of hydrogen-bond donors (Lipinski definition) is 3. The second kappa shape index (κ2) is 6.22. The average Bonchev–Trinajstić information content (AvgIpc) is 2.97. The van der Waals surface area contributed by atoms with Crippen molar-refractivity contribution in [1.82, 2.24) is 4.98 Å². The number of nitrogens with one attached hydrogen (secondary N) is 1. The van der Waals surface area contributed by atoms with Crippen molar-refractivity contribution in [3.05, 3.63) is 48.5 Å². The predicted octanol–water partition coefficient (Wildman–Crippen LogP) is 2.73. The van der Waals surface area contributed by atoms with E-state index in [4.69, 9.17) is 5.11 Å². The van der Waals surface area contributed by atoms with Gasteiger partial charge in [0.15, 0.2) is 0 Å². The van der Waals surface area contributed by atoms with Crippen molar-refractivity contribution in [3.8, 4) is 10.6 Å². The molecule has 0 radical (unpaired) electrons. The Morgan fingerprint density at radius 2 is 1.86 bits per heavy atom. The monoisotopic (exact) mass is 300 g/mol. The summed E-state index contributed by atoms with van der Waals surface area (Å²) in [6.07, 6.45) is -0.742. The smallest absolute Gasteiger partial charge is 0.124 e. The second-order valence-corrected chi connectivity index (χ2v) is 5.81. The van der Waals surface area contributed by atoms with Crippen molar-refractivity contribution in [2.45, 2.75) is 6.10 Å². The van der Waals surface area contributed by atoms with E-state index < -0.39 is 6.10 Å². The van der Waals surface area contributed by atoms with Gasteiger partial charge in [0, 0.05) is 17.8 Å². The number of hydrogen-bond acceptors (Lipinski definition) is 5. The van der Waals surface area contributed by atoms with Crippen LogP contribution in [0.15, 0.2) is 48.5 Å². The summed E-state index contributed by atoms with van der Waals surface area (Å²) in [7, 11) is 0. The molecule has 1 unspecified atom stereocenters. The Balaban J connectivity index is 1.77. The molecule has 2 aromatic carbocycles. The molecule has 1 aromatic heterocycles. The number of aliphatic hydroxyl groups excluding tert-OH is 2. The number of rotatable bonds is 5. The van der Waals surface area contributed by atoms with Gasteiger partial charge in [-0.25, -0.2) is 4.98 Å². The Hall–Kier alpha value is -1.95. The normalized spacial score (nSPS) is 12.5. The summed E-state index contributed by atoms with van der Waals surface area (Å²) in [5.74, 6) is 0. The molecule has 0 saturated heterocycles. The van der Waals surface area contributed by atoms with Gasteiger partial charge in [0.05, 0.1) is 22.9 Å². The third kappa shape index (κ3) is 3.21. The van der Waals surface area contributed by atoms with Crippen LogP contribution in [0.4, 0.5) is 5.69 Å². The highest BCUT2D eigenvalue weighted by Crippen LogP contribution is 2.30. The van der Waals surface area contributed by atoms with Crippen LogP contribution in [0, 0.1) is 0 Å². The van der Waals surface area contributed by atoms with E-state index >= 15 is 0 Å². The third-order valence-electron chi connectivity index (χ3n) is 3.18. The summed E-state index contributed by atoms with van der Waals surface area (Å²) in [5, 5.41) is 22.2. The first kappa shape index (κ1) is 14.0. The van der Waals surface area contributed by atoms with Crippen molar-refractivity contribution in [3.63, 3.8) is 0 Å². The van der Waals surface area contributed by atoms with Crippen LogP contribution in [0.1, 0.15) is 0 Å². The lowest BCUT2D eigenvalue weighted by Gasteiger charge is -2.10. The summed E-state index contributed by atoms with van der Waals surface area (Å²) < 4.78 is 1.18. The topological polar surface area (TPSA) is 65.4 Å². The van der Waals surface area contributed by atoms with E-state index in [1.165, 1.54) is 4.70 Å². The minimum Gasteiger partial charge on any atom is -0.394 e. The minimum atomic E-state index is -0.742. The number of aliphatic hydroxyl groups is 2. The van der Waals surface area contributed by atoms with Crippen molar-refractivity contribution >= 4 is 27.2 Å². The number of para-hydroxylation sites is 1. The molecule has 108 valence electrons. The fourth-order valence-electron chi connectivity index (χ4n) is 2.03. The van der Waals surface area contributed by atoms with E-state index in [2.05, 4.69) is 16.4 Å². The number of benzene rings is 2. The lowest BCUT2D eigenvalue weighted by molar-refractivity contribution is 0.105. The van der Waals surface area contributed by atoms with E-state index in [1.54, 1.807) is 11.3 Å². The first-order valence-corrected chi connectivity index (χ1v) is 7.57. The molecule has 0 bridgehead atoms.